The van der Waals surface area contributed by atoms with Crippen molar-refractivity contribution >= 4 is 21.6 Å². The van der Waals surface area contributed by atoms with Gasteiger partial charge < -0.3 is 4.90 Å². The van der Waals surface area contributed by atoms with Crippen LogP contribution in [0.25, 0.3) is 0 Å². The lowest BCUT2D eigenvalue weighted by Crippen LogP contribution is -2.41. The van der Waals surface area contributed by atoms with Gasteiger partial charge in [0.1, 0.15) is 6.07 Å². The zero-order valence-electron chi connectivity index (χ0n) is 12.6. The molecule has 0 aromatic heterocycles. The molecule has 1 aromatic rings. The first-order chi connectivity index (χ1) is 10.3. The van der Waals surface area contributed by atoms with E-state index in [1.54, 1.807) is 0 Å². The van der Waals surface area contributed by atoms with E-state index in [-0.39, 0.29) is 0 Å². The number of benzene rings is 1. The minimum atomic E-state index is 0.622. The van der Waals surface area contributed by atoms with Gasteiger partial charge in [0.15, 0.2) is 0 Å². The van der Waals surface area contributed by atoms with Crippen molar-refractivity contribution in [2.24, 2.45) is 5.41 Å². The number of halogens is 1. The number of hydrogen-bond acceptors (Lipinski definition) is 2. The van der Waals surface area contributed by atoms with Crippen LogP contribution >= 0.6 is 15.9 Å². The van der Waals surface area contributed by atoms with Gasteiger partial charge in [0.05, 0.1) is 11.3 Å². The minimum Gasteiger partial charge on any atom is -0.370 e. The average molecular weight is 347 g/mol. The van der Waals surface area contributed by atoms with Crippen LogP contribution in [0.15, 0.2) is 18.2 Å². The Balaban J connectivity index is 1.73. The van der Waals surface area contributed by atoms with E-state index in [0.29, 0.717) is 5.41 Å². The van der Waals surface area contributed by atoms with Crippen LogP contribution in [-0.4, -0.2) is 13.1 Å². The number of piperidine rings is 1. The van der Waals surface area contributed by atoms with Gasteiger partial charge in [-0.15, -0.1) is 0 Å². The molecule has 0 unspecified atom stereocenters. The predicted octanol–water partition coefficient (Wildman–Crippen LogP) is 5.00. The van der Waals surface area contributed by atoms with Crippen LogP contribution < -0.4 is 4.90 Å². The fourth-order valence-corrected chi connectivity index (χ4v) is 4.40. The van der Waals surface area contributed by atoms with Gasteiger partial charge in [0.25, 0.3) is 0 Å². The van der Waals surface area contributed by atoms with Crippen molar-refractivity contribution in [1.29, 1.82) is 5.26 Å². The first-order valence-corrected chi connectivity index (χ1v) is 9.22. The Morgan fingerprint density at radius 2 is 1.81 bits per heavy atom. The number of nitriles is 1. The van der Waals surface area contributed by atoms with Crippen LogP contribution in [0.5, 0.6) is 0 Å². The number of nitrogens with zero attached hydrogens (tertiary/aromatic N) is 2. The van der Waals surface area contributed by atoms with Gasteiger partial charge in [-0.2, -0.15) is 5.26 Å². The normalized spacial score (nSPS) is 21.2. The summed E-state index contributed by atoms with van der Waals surface area (Å²) in [6, 6.07) is 8.67. The van der Waals surface area contributed by atoms with E-state index in [0.717, 1.165) is 29.7 Å². The molecular formula is C18H23BrN2. The van der Waals surface area contributed by atoms with Crippen molar-refractivity contribution in [3.63, 3.8) is 0 Å². The van der Waals surface area contributed by atoms with Crippen molar-refractivity contribution in [3.05, 3.63) is 29.3 Å². The minimum absolute atomic E-state index is 0.622. The molecule has 2 aliphatic rings. The fraction of sp³-hybridized carbons (Fsp3) is 0.611. The molecule has 1 aromatic carbocycles. The van der Waals surface area contributed by atoms with E-state index in [1.807, 2.05) is 6.07 Å². The monoisotopic (exact) mass is 346 g/mol. The molecule has 1 aliphatic heterocycles. The van der Waals surface area contributed by atoms with E-state index in [1.165, 1.54) is 50.5 Å². The van der Waals surface area contributed by atoms with Crippen LogP contribution in [-0.2, 0) is 5.33 Å². The van der Waals surface area contributed by atoms with E-state index in [4.69, 9.17) is 0 Å². The molecule has 2 fully saturated rings. The predicted molar refractivity (Wildman–Crippen MR) is 90.8 cm³/mol. The average Bonchev–Trinajstić information content (AvgIpc) is 2.56. The number of anilines is 1. The highest BCUT2D eigenvalue weighted by Gasteiger charge is 2.35. The van der Waals surface area contributed by atoms with E-state index < -0.39 is 0 Å². The molecule has 0 radical (unpaired) electrons. The van der Waals surface area contributed by atoms with Gasteiger partial charge >= 0.3 is 0 Å². The fourth-order valence-electron chi connectivity index (χ4n) is 4.06. The summed E-state index contributed by atoms with van der Waals surface area (Å²) in [6.07, 6.45) is 9.73. The van der Waals surface area contributed by atoms with Gasteiger partial charge in [0.2, 0.25) is 0 Å². The Morgan fingerprint density at radius 1 is 1.10 bits per heavy atom. The highest BCUT2D eigenvalue weighted by atomic mass is 79.9. The lowest BCUT2D eigenvalue weighted by molar-refractivity contribution is 0.144. The standard InChI is InChI=1S/C18H23BrN2/c19-13-15-4-5-17(16(12-15)14-20)21-10-8-18(9-11-21)6-2-1-3-7-18/h4-5,12H,1-3,6-11,13H2. The highest BCUT2D eigenvalue weighted by Crippen LogP contribution is 2.45. The quantitative estimate of drug-likeness (QED) is 0.704. The van der Waals surface area contributed by atoms with Crippen molar-refractivity contribution < 1.29 is 0 Å². The van der Waals surface area contributed by atoms with Crippen molar-refractivity contribution in [2.45, 2.75) is 50.3 Å². The third-order valence-corrected chi connectivity index (χ3v) is 6.06. The second-order valence-corrected chi connectivity index (χ2v) is 7.21. The molecule has 1 spiro atoms. The Kier molecular flexibility index (Phi) is 4.54. The summed E-state index contributed by atoms with van der Waals surface area (Å²) < 4.78 is 0. The maximum absolute atomic E-state index is 9.42. The van der Waals surface area contributed by atoms with Crippen LogP contribution in [0.2, 0.25) is 0 Å². The maximum Gasteiger partial charge on any atom is 0.101 e. The highest BCUT2D eigenvalue weighted by molar-refractivity contribution is 9.08. The number of alkyl halides is 1. The summed E-state index contributed by atoms with van der Waals surface area (Å²) in [6.45, 7) is 2.23. The second kappa shape index (κ2) is 6.40. The van der Waals surface area contributed by atoms with Crippen molar-refractivity contribution in [2.75, 3.05) is 18.0 Å². The van der Waals surface area contributed by atoms with Crippen molar-refractivity contribution in [1.82, 2.24) is 0 Å². The first-order valence-electron chi connectivity index (χ1n) is 8.10. The van der Waals surface area contributed by atoms with Gasteiger partial charge in [-0.25, -0.2) is 0 Å². The molecule has 0 N–H and O–H groups in total. The Bertz CT molecular complexity index is 531. The number of hydrogen-bond donors (Lipinski definition) is 0. The van der Waals surface area contributed by atoms with Crippen LogP contribution in [0.4, 0.5) is 5.69 Å². The zero-order valence-corrected chi connectivity index (χ0v) is 14.2. The van der Waals surface area contributed by atoms with Crippen LogP contribution in [0, 0.1) is 16.7 Å². The third-order valence-electron chi connectivity index (χ3n) is 5.41. The molecule has 1 heterocycles. The smallest absolute Gasteiger partial charge is 0.101 e. The molecule has 0 bridgehead atoms. The van der Waals surface area contributed by atoms with E-state index >= 15 is 0 Å². The lowest BCUT2D eigenvalue weighted by Gasteiger charge is -2.45. The molecule has 112 valence electrons. The van der Waals surface area contributed by atoms with E-state index in [9.17, 15) is 5.26 Å². The molecule has 0 atom stereocenters. The lowest BCUT2D eigenvalue weighted by atomic mass is 9.68. The van der Waals surface area contributed by atoms with Gasteiger partial charge in [-0.1, -0.05) is 41.3 Å². The molecule has 2 nitrogen and oxygen atoms in total. The molecule has 1 saturated carbocycles. The molecule has 1 aliphatic carbocycles. The summed E-state index contributed by atoms with van der Waals surface area (Å²) in [7, 11) is 0. The SMILES string of the molecule is N#Cc1cc(CBr)ccc1N1CCC2(CCCCC2)CC1. The molecule has 21 heavy (non-hydrogen) atoms. The van der Waals surface area contributed by atoms with Gasteiger partial charge in [0, 0.05) is 18.4 Å². The largest absolute Gasteiger partial charge is 0.370 e. The van der Waals surface area contributed by atoms with Crippen molar-refractivity contribution in [3.8, 4) is 6.07 Å². The first kappa shape index (κ1) is 14.9. The third kappa shape index (κ3) is 3.11. The van der Waals surface area contributed by atoms with Crippen LogP contribution in [0.1, 0.15) is 56.1 Å². The zero-order chi connectivity index (χ0) is 14.7. The topological polar surface area (TPSA) is 27.0 Å². The van der Waals surface area contributed by atoms with Crippen LogP contribution in [0.3, 0.4) is 0 Å². The summed E-state index contributed by atoms with van der Waals surface area (Å²) in [5.41, 5.74) is 3.76. The molecule has 3 rings (SSSR count). The maximum atomic E-state index is 9.42. The molecule has 0 amide bonds. The summed E-state index contributed by atoms with van der Waals surface area (Å²) in [4.78, 5) is 2.43. The summed E-state index contributed by atoms with van der Waals surface area (Å²) >= 11 is 3.47. The Labute approximate surface area is 136 Å². The second-order valence-electron chi connectivity index (χ2n) is 6.64. The molecule has 3 heteroatoms. The molecular weight excluding hydrogens is 324 g/mol. The summed E-state index contributed by atoms with van der Waals surface area (Å²) in [5, 5.41) is 10.2. The van der Waals surface area contributed by atoms with Gasteiger partial charge in [-0.3, -0.25) is 0 Å². The van der Waals surface area contributed by atoms with E-state index in [2.05, 4.69) is 39.0 Å². The van der Waals surface area contributed by atoms with Gasteiger partial charge in [-0.05, 0) is 48.8 Å². The molecule has 1 saturated heterocycles. The Morgan fingerprint density at radius 3 is 2.43 bits per heavy atom. The summed E-state index contributed by atoms with van der Waals surface area (Å²) in [5.74, 6) is 0. The Hall–Kier alpha value is -1.01. The number of rotatable bonds is 2.